The van der Waals surface area contributed by atoms with Crippen molar-refractivity contribution < 1.29 is 9.90 Å². The summed E-state index contributed by atoms with van der Waals surface area (Å²) in [5, 5.41) is 22.9. The second-order valence-electron chi connectivity index (χ2n) is 5.92. The molecule has 0 amide bonds. The number of carboxylic acid groups (broad SMARTS) is 1. The molecule has 1 aliphatic carbocycles. The van der Waals surface area contributed by atoms with Crippen LogP contribution in [-0.2, 0) is 11.3 Å². The van der Waals surface area contributed by atoms with Crippen LogP contribution in [0.5, 0.6) is 0 Å². The highest BCUT2D eigenvalue weighted by Gasteiger charge is 2.37. The standard InChI is InChI=1S/C12H19N5O2S/c18-11(19)10-4-9-3-7(1-2-8(9)5-13-10)6-17-15-12(20)14-16-17/h7-10,13H,1-6H2,(H,15,20)(H,18,19)/t7-,8-,9+,10-/m1/s1. The predicted molar refractivity (Wildman–Crippen MR) is 73.6 cm³/mol. The molecule has 110 valence electrons. The Kier molecular flexibility index (Phi) is 3.84. The summed E-state index contributed by atoms with van der Waals surface area (Å²) in [6.45, 7) is 1.62. The van der Waals surface area contributed by atoms with E-state index in [0.717, 1.165) is 38.8 Å². The zero-order valence-electron chi connectivity index (χ0n) is 11.2. The van der Waals surface area contributed by atoms with Crippen LogP contribution < -0.4 is 5.32 Å². The number of carbonyl (C=O) groups is 1. The van der Waals surface area contributed by atoms with Gasteiger partial charge in [-0.1, -0.05) is 5.10 Å². The lowest BCUT2D eigenvalue weighted by Crippen LogP contribution is -2.49. The molecule has 3 N–H and O–H groups in total. The molecule has 2 fully saturated rings. The first-order valence-electron chi connectivity index (χ1n) is 7.08. The number of aliphatic carboxylic acids is 1. The number of tetrazole rings is 1. The van der Waals surface area contributed by atoms with Gasteiger partial charge in [-0.25, -0.2) is 0 Å². The van der Waals surface area contributed by atoms with Crippen LogP contribution >= 0.6 is 12.2 Å². The van der Waals surface area contributed by atoms with Crippen molar-refractivity contribution in [3.05, 3.63) is 4.77 Å². The van der Waals surface area contributed by atoms with Gasteiger partial charge in [-0.3, -0.25) is 9.89 Å². The zero-order chi connectivity index (χ0) is 14.1. The fourth-order valence-corrected chi connectivity index (χ4v) is 3.73. The van der Waals surface area contributed by atoms with Crippen LogP contribution in [0.1, 0.15) is 25.7 Å². The second kappa shape index (κ2) is 5.61. The van der Waals surface area contributed by atoms with Gasteiger partial charge >= 0.3 is 5.97 Å². The fraction of sp³-hybridized carbons (Fsp3) is 0.833. The summed E-state index contributed by atoms with van der Waals surface area (Å²) in [7, 11) is 0. The monoisotopic (exact) mass is 297 g/mol. The molecule has 1 saturated heterocycles. The molecule has 0 unspecified atom stereocenters. The molecule has 1 aliphatic heterocycles. The Labute approximate surface area is 121 Å². The third kappa shape index (κ3) is 2.90. The third-order valence-corrected chi connectivity index (χ3v) is 4.78. The highest BCUT2D eigenvalue weighted by molar-refractivity contribution is 7.71. The van der Waals surface area contributed by atoms with E-state index >= 15 is 0 Å². The Hall–Kier alpha value is -1.28. The summed E-state index contributed by atoms with van der Waals surface area (Å²) in [5.74, 6) is 0.917. The van der Waals surface area contributed by atoms with Crippen molar-refractivity contribution in [2.75, 3.05) is 6.54 Å². The first kappa shape index (κ1) is 13.7. The number of carboxylic acids is 1. The second-order valence-corrected chi connectivity index (χ2v) is 6.31. The van der Waals surface area contributed by atoms with Gasteiger partial charge in [0, 0.05) is 0 Å². The van der Waals surface area contributed by atoms with Gasteiger partial charge in [0.25, 0.3) is 0 Å². The minimum absolute atomic E-state index is 0.382. The van der Waals surface area contributed by atoms with Crippen molar-refractivity contribution in [1.29, 1.82) is 0 Å². The van der Waals surface area contributed by atoms with Crippen molar-refractivity contribution in [3.63, 3.8) is 0 Å². The quantitative estimate of drug-likeness (QED) is 0.715. The summed E-state index contributed by atoms with van der Waals surface area (Å²) in [4.78, 5) is 12.8. The predicted octanol–water partition coefficient (Wildman–Crippen LogP) is 0.815. The molecule has 7 nitrogen and oxygen atoms in total. The summed E-state index contributed by atoms with van der Waals surface area (Å²) in [5.41, 5.74) is 0. The first-order chi connectivity index (χ1) is 9.61. The normalized spacial score (nSPS) is 33.6. The number of rotatable bonds is 3. The number of nitrogens with one attached hydrogen (secondary N) is 2. The molecular formula is C12H19N5O2S. The number of nitrogens with zero attached hydrogens (tertiary/aromatic N) is 3. The van der Waals surface area contributed by atoms with Crippen LogP contribution in [0.25, 0.3) is 0 Å². The molecule has 1 aromatic heterocycles. The number of aromatic amines is 1. The lowest BCUT2D eigenvalue weighted by atomic mass is 9.69. The molecule has 0 aromatic carbocycles. The van der Waals surface area contributed by atoms with E-state index in [4.69, 9.17) is 17.3 Å². The fourth-order valence-electron chi connectivity index (χ4n) is 3.59. The molecule has 0 spiro atoms. The van der Waals surface area contributed by atoms with Crippen LogP contribution in [0.3, 0.4) is 0 Å². The molecule has 2 aliphatic rings. The molecular weight excluding hydrogens is 278 g/mol. The molecule has 3 rings (SSSR count). The maximum Gasteiger partial charge on any atom is 0.320 e. The van der Waals surface area contributed by atoms with Crippen molar-refractivity contribution in [2.45, 2.75) is 38.3 Å². The van der Waals surface area contributed by atoms with Crippen molar-refractivity contribution in [3.8, 4) is 0 Å². The molecule has 2 heterocycles. The van der Waals surface area contributed by atoms with E-state index in [2.05, 4.69) is 20.7 Å². The van der Waals surface area contributed by atoms with E-state index in [-0.39, 0.29) is 6.04 Å². The highest BCUT2D eigenvalue weighted by Crippen LogP contribution is 2.38. The number of fused-ring (bicyclic) bond motifs is 1. The Morgan fingerprint density at radius 3 is 2.95 bits per heavy atom. The summed E-state index contributed by atoms with van der Waals surface area (Å²) in [6, 6.07) is -0.382. The van der Waals surface area contributed by atoms with Gasteiger partial charge in [-0.15, -0.1) is 0 Å². The average Bonchev–Trinajstić information content (AvgIpc) is 2.83. The van der Waals surface area contributed by atoms with Gasteiger partial charge in [0.15, 0.2) is 0 Å². The van der Waals surface area contributed by atoms with Gasteiger partial charge in [0.2, 0.25) is 4.77 Å². The Morgan fingerprint density at radius 2 is 2.25 bits per heavy atom. The van der Waals surface area contributed by atoms with Crippen LogP contribution in [-0.4, -0.2) is 43.9 Å². The average molecular weight is 297 g/mol. The number of piperidine rings is 1. The number of hydrogen-bond acceptors (Lipinski definition) is 5. The van der Waals surface area contributed by atoms with E-state index < -0.39 is 5.97 Å². The summed E-state index contributed by atoms with van der Waals surface area (Å²) >= 11 is 4.91. The molecule has 1 saturated carbocycles. The molecule has 0 radical (unpaired) electrons. The lowest BCUT2D eigenvalue weighted by molar-refractivity contribution is -0.141. The molecule has 1 aromatic rings. The molecule has 20 heavy (non-hydrogen) atoms. The van der Waals surface area contributed by atoms with Crippen LogP contribution in [0, 0.1) is 22.5 Å². The smallest absolute Gasteiger partial charge is 0.320 e. The molecule has 4 atom stereocenters. The van der Waals surface area contributed by atoms with E-state index in [1.807, 2.05) is 0 Å². The number of aromatic nitrogens is 4. The third-order valence-electron chi connectivity index (χ3n) is 4.61. The van der Waals surface area contributed by atoms with E-state index in [9.17, 15) is 4.79 Å². The maximum absolute atomic E-state index is 11.1. The van der Waals surface area contributed by atoms with E-state index in [1.165, 1.54) is 0 Å². The lowest BCUT2D eigenvalue weighted by Gasteiger charge is -2.41. The zero-order valence-corrected chi connectivity index (χ0v) is 12.0. The van der Waals surface area contributed by atoms with Gasteiger partial charge in [-0.2, -0.15) is 4.80 Å². The maximum atomic E-state index is 11.1. The summed E-state index contributed by atoms with van der Waals surface area (Å²) < 4.78 is 0.409. The minimum Gasteiger partial charge on any atom is -0.480 e. The van der Waals surface area contributed by atoms with Crippen LogP contribution in [0.15, 0.2) is 0 Å². The van der Waals surface area contributed by atoms with E-state index in [0.29, 0.717) is 22.5 Å². The SMILES string of the molecule is O=C(O)[C@H]1C[C@@H]2C[C@H](Cn3nnc(=S)[nH]3)CC[C@@H]2CN1. The van der Waals surface area contributed by atoms with Gasteiger partial charge in [0.1, 0.15) is 6.04 Å². The Morgan fingerprint density at radius 1 is 1.40 bits per heavy atom. The van der Waals surface area contributed by atoms with Crippen LogP contribution in [0.2, 0.25) is 0 Å². The number of H-pyrrole nitrogens is 1. The Balaban J connectivity index is 1.61. The van der Waals surface area contributed by atoms with Crippen LogP contribution in [0.4, 0.5) is 0 Å². The van der Waals surface area contributed by atoms with Gasteiger partial charge in [0.05, 0.1) is 6.54 Å². The van der Waals surface area contributed by atoms with Crippen molar-refractivity contribution >= 4 is 18.2 Å². The molecule has 8 heteroatoms. The van der Waals surface area contributed by atoms with Crippen molar-refractivity contribution in [2.24, 2.45) is 17.8 Å². The van der Waals surface area contributed by atoms with Gasteiger partial charge in [-0.05, 0) is 67.4 Å². The first-order valence-corrected chi connectivity index (χ1v) is 7.48. The topological polar surface area (TPSA) is 95.8 Å². The van der Waals surface area contributed by atoms with Gasteiger partial charge < -0.3 is 10.4 Å². The number of hydrogen-bond donors (Lipinski definition) is 3. The largest absolute Gasteiger partial charge is 0.480 e. The molecule has 0 bridgehead atoms. The van der Waals surface area contributed by atoms with E-state index in [1.54, 1.807) is 4.80 Å². The highest BCUT2D eigenvalue weighted by atomic mass is 32.1. The Bertz CT molecular complexity index is 542. The van der Waals surface area contributed by atoms with Crippen molar-refractivity contribution in [1.82, 2.24) is 25.5 Å². The minimum atomic E-state index is -0.731. The summed E-state index contributed by atoms with van der Waals surface area (Å²) in [6.07, 6.45) is 4.12.